The summed E-state index contributed by atoms with van der Waals surface area (Å²) in [6.45, 7) is 1.92. The first-order valence-corrected chi connectivity index (χ1v) is 13.1. The quantitative estimate of drug-likeness (QED) is 0.521. The zero-order chi connectivity index (χ0) is 23.6. The van der Waals surface area contributed by atoms with E-state index in [1.807, 2.05) is 13.0 Å². The second-order valence-corrected chi connectivity index (χ2v) is 11.2. The summed E-state index contributed by atoms with van der Waals surface area (Å²) in [5, 5.41) is 13.2. The summed E-state index contributed by atoms with van der Waals surface area (Å²) in [7, 11) is -2.30. The molecule has 0 unspecified atom stereocenters. The van der Waals surface area contributed by atoms with Gasteiger partial charge in [-0.1, -0.05) is 0 Å². The SMILES string of the molecule is Cc1cc(N=S(C)(C)=O)cc2ncnc(Nc3ccc(F)cc3O[C@H]3CC[C@H](C#N)CC3)c12. The number of halogens is 1. The van der Waals surface area contributed by atoms with Crippen molar-refractivity contribution in [1.82, 2.24) is 9.97 Å². The van der Waals surface area contributed by atoms with Gasteiger partial charge in [-0.2, -0.15) is 9.62 Å². The van der Waals surface area contributed by atoms with Gasteiger partial charge in [0.2, 0.25) is 0 Å². The van der Waals surface area contributed by atoms with Crippen molar-refractivity contribution in [3.63, 3.8) is 0 Å². The number of nitrogens with zero attached hydrogens (tertiary/aromatic N) is 4. The van der Waals surface area contributed by atoms with Crippen molar-refractivity contribution in [1.29, 1.82) is 5.26 Å². The number of rotatable bonds is 5. The van der Waals surface area contributed by atoms with Crippen molar-refractivity contribution in [2.45, 2.75) is 38.7 Å². The number of hydrogen-bond acceptors (Lipinski definition) is 7. The minimum atomic E-state index is -2.30. The minimum absolute atomic E-state index is 0.0655. The highest BCUT2D eigenvalue weighted by Gasteiger charge is 2.23. The zero-order valence-electron chi connectivity index (χ0n) is 18.8. The molecule has 4 rings (SSSR count). The Balaban J connectivity index is 1.66. The van der Waals surface area contributed by atoms with E-state index in [9.17, 15) is 8.60 Å². The number of aromatic nitrogens is 2. The number of anilines is 2. The minimum Gasteiger partial charge on any atom is -0.488 e. The van der Waals surface area contributed by atoms with Crippen molar-refractivity contribution in [3.05, 3.63) is 48.0 Å². The number of nitrogens with one attached hydrogen (secondary N) is 1. The largest absolute Gasteiger partial charge is 0.488 e. The molecule has 1 aromatic heterocycles. The maximum absolute atomic E-state index is 14.0. The van der Waals surface area contributed by atoms with Crippen LogP contribution >= 0.6 is 0 Å². The van der Waals surface area contributed by atoms with Crippen LogP contribution < -0.4 is 10.1 Å². The number of ether oxygens (including phenoxy) is 1. The maximum atomic E-state index is 14.0. The molecule has 172 valence electrons. The second kappa shape index (κ2) is 9.32. The van der Waals surface area contributed by atoms with Gasteiger partial charge in [0, 0.05) is 39.6 Å². The van der Waals surface area contributed by atoms with Crippen LogP contribution in [0.25, 0.3) is 10.9 Å². The average Bonchev–Trinajstić information content (AvgIpc) is 2.75. The van der Waals surface area contributed by atoms with Gasteiger partial charge < -0.3 is 10.1 Å². The van der Waals surface area contributed by atoms with E-state index in [4.69, 9.17) is 10.00 Å². The van der Waals surface area contributed by atoms with Gasteiger partial charge in [0.1, 0.15) is 23.7 Å². The Bertz CT molecular complexity index is 1340. The summed E-state index contributed by atoms with van der Waals surface area (Å²) in [6, 6.07) is 10.3. The molecule has 0 radical (unpaired) electrons. The van der Waals surface area contributed by atoms with Gasteiger partial charge in [-0.05, 0) is 62.4 Å². The summed E-state index contributed by atoms with van der Waals surface area (Å²) < 4.78 is 36.6. The third-order valence-corrected chi connectivity index (χ3v) is 6.24. The van der Waals surface area contributed by atoms with E-state index in [-0.39, 0.29) is 17.8 Å². The van der Waals surface area contributed by atoms with Crippen LogP contribution in [0.3, 0.4) is 0 Å². The molecule has 0 amide bonds. The number of aryl methyl sites for hydroxylation is 1. The van der Waals surface area contributed by atoms with Gasteiger partial charge in [-0.25, -0.2) is 18.6 Å². The second-order valence-electron chi connectivity index (χ2n) is 8.64. The van der Waals surface area contributed by atoms with E-state index >= 15 is 0 Å². The van der Waals surface area contributed by atoms with Crippen molar-refractivity contribution >= 4 is 37.8 Å². The molecule has 0 bridgehead atoms. The van der Waals surface area contributed by atoms with Crippen molar-refractivity contribution < 1.29 is 13.3 Å². The fourth-order valence-corrected chi connectivity index (χ4v) is 4.70. The molecule has 1 N–H and O–H groups in total. The van der Waals surface area contributed by atoms with Crippen molar-refractivity contribution in [2.75, 3.05) is 17.8 Å². The molecule has 1 saturated carbocycles. The van der Waals surface area contributed by atoms with Gasteiger partial charge in [0.05, 0.1) is 29.1 Å². The average molecular weight is 468 g/mol. The van der Waals surface area contributed by atoms with Crippen molar-refractivity contribution in [3.8, 4) is 11.8 Å². The molecule has 1 aliphatic rings. The first-order chi connectivity index (χ1) is 15.7. The highest BCUT2D eigenvalue weighted by atomic mass is 32.2. The lowest BCUT2D eigenvalue weighted by Gasteiger charge is -2.26. The van der Waals surface area contributed by atoms with E-state index in [2.05, 4.69) is 25.7 Å². The topological polar surface area (TPSA) is 100 Å². The monoisotopic (exact) mass is 467 g/mol. The molecule has 1 fully saturated rings. The van der Waals surface area contributed by atoms with Crippen LogP contribution in [0.4, 0.5) is 21.6 Å². The van der Waals surface area contributed by atoms with Crippen LogP contribution in [0.1, 0.15) is 31.2 Å². The Kier molecular flexibility index (Phi) is 6.47. The van der Waals surface area contributed by atoms with Crippen LogP contribution in [-0.2, 0) is 9.73 Å². The Morgan fingerprint density at radius 1 is 1.18 bits per heavy atom. The van der Waals surface area contributed by atoms with E-state index < -0.39 is 9.73 Å². The molecular weight excluding hydrogens is 441 g/mol. The number of benzene rings is 2. The zero-order valence-corrected chi connectivity index (χ0v) is 19.7. The van der Waals surface area contributed by atoms with Crippen LogP contribution in [0.5, 0.6) is 5.75 Å². The number of nitriles is 1. The Morgan fingerprint density at radius 3 is 2.64 bits per heavy atom. The van der Waals surface area contributed by atoms with Gasteiger partial charge in [0.25, 0.3) is 0 Å². The third-order valence-electron chi connectivity index (χ3n) is 5.59. The predicted octanol–water partition coefficient (Wildman–Crippen LogP) is 5.64. The highest BCUT2D eigenvalue weighted by molar-refractivity contribution is 7.92. The number of hydrogen-bond donors (Lipinski definition) is 1. The first kappa shape index (κ1) is 22.9. The third kappa shape index (κ3) is 5.57. The lowest BCUT2D eigenvalue weighted by molar-refractivity contribution is 0.143. The molecule has 3 aromatic rings. The molecule has 33 heavy (non-hydrogen) atoms. The van der Waals surface area contributed by atoms with Gasteiger partial charge >= 0.3 is 0 Å². The van der Waals surface area contributed by atoms with E-state index in [1.54, 1.807) is 24.6 Å². The molecule has 0 atom stereocenters. The Hall–Kier alpha value is -3.25. The van der Waals surface area contributed by atoms with E-state index in [0.717, 1.165) is 36.6 Å². The van der Waals surface area contributed by atoms with Crippen molar-refractivity contribution in [2.24, 2.45) is 10.3 Å². The smallest absolute Gasteiger partial charge is 0.146 e. The predicted molar refractivity (Wildman–Crippen MR) is 128 cm³/mol. The van der Waals surface area contributed by atoms with E-state index in [1.165, 1.54) is 18.5 Å². The Morgan fingerprint density at radius 2 is 1.94 bits per heavy atom. The summed E-state index contributed by atoms with van der Waals surface area (Å²) in [5.41, 5.74) is 2.72. The molecular formula is C24H26FN5O2S. The summed E-state index contributed by atoms with van der Waals surface area (Å²) in [5.74, 6) is 0.639. The Labute approximate surface area is 193 Å². The molecule has 2 aromatic carbocycles. The molecule has 7 nitrogen and oxygen atoms in total. The highest BCUT2D eigenvalue weighted by Crippen LogP contribution is 2.35. The lowest BCUT2D eigenvalue weighted by Crippen LogP contribution is -2.24. The molecule has 0 spiro atoms. The lowest BCUT2D eigenvalue weighted by atomic mass is 9.88. The molecule has 0 aliphatic heterocycles. The normalized spacial score (nSPS) is 18.5. The molecule has 0 saturated heterocycles. The molecule has 9 heteroatoms. The van der Waals surface area contributed by atoms with Crippen LogP contribution in [-0.4, -0.2) is 32.8 Å². The van der Waals surface area contributed by atoms with Gasteiger partial charge in [0.15, 0.2) is 0 Å². The summed E-state index contributed by atoms with van der Waals surface area (Å²) >= 11 is 0. The van der Waals surface area contributed by atoms with Crippen LogP contribution in [0, 0.1) is 30.0 Å². The fourth-order valence-electron chi connectivity index (χ4n) is 4.09. The standard InChI is InChI=1S/C24H26FN5O2S/c1-15-10-18(30-33(2,3)31)12-21-23(15)24(28-14-27-21)29-20-9-6-17(25)11-22(20)32-19-7-4-16(13-26)5-8-19/h6,9-12,14,16,19H,4-5,7-8H2,1-3H3,(H,27,28,29)/t16-,19-. The number of fused-ring (bicyclic) bond motifs is 1. The maximum Gasteiger partial charge on any atom is 0.146 e. The molecule has 1 heterocycles. The fraction of sp³-hybridized carbons (Fsp3) is 0.375. The van der Waals surface area contributed by atoms with Gasteiger partial charge in [-0.15, -0.1) is 0 Å². The van der Waals surface area contributed by atoms with Crippen LogP contribution in [0.2, 0.25) is 0 Å². The van der Waals surface area contributed by atoms with E-state index in [0.29, 0.717) is 28.5 Å². The first-order valence-electron chi connectivity index (χ1n) is 10.8. The summed E-state index contributed by atoms with van der Waals surface area (Å²) in [6.07, 6.45) is 7.63. The molecule has 1 aliphatic carbocycles. The van der Waals surface area contributed by atoms with Gasteiger partial charge in [-0.3, -0.25) is 0 Å². The summed E-state index contributed by atoms with van der Waals surface area (Å²) in [4.78, 5) is 8.76. The van der Waals surface area contributed by atoms with Crippen LogP contribution in [0.15, 0.2) is 41.0 Å².